The molecule has 1 heterocycles. The standard InChI is InChI=1S/C16H12F3NO2/c17-16(18,19)12-6-4-11(5-7-12)15-20-13-3-1-2-10(8-9-21)14(13)22-15/h1-7,21H,8-9H2. The van der Waals surface area contributed by atoms with Gasteiger partial charge in [-0.3, -0.25) is 0 Å². The van der Waals surface area contributed by atoms with E-state index >= 15 is 0 Å². The van der Waals surface area contributed by atoms with Gasteiger partial charge in [0.2, 0.25) is 5.89 Å². The monoisotopic (exact) mass is 307 g/mol. The lowest BCUT2D eigenvalue weighted by atomic mass is 10.1. The lowest BCUT2D eigenvalue weighted by Crippen LogP contribution is -2.03. The molecule has 2 aromatic carbocycles. The molecule has 0 aliphatic carbocycles. The Morgan fingerprint density at radius 1 is 1.05 bits per heavy atom. The first kappa shape index (κ1) is 14.6. The van der Waals surface area contributed by atoms with Crippen molar-refractivity contribution in [2.75, 3.05) is 6.61 Å². The van der Waals surface area contributed by atoms with Crippen LogP contribution in [0.15, 0.2) is 46.9 Å². The zero-order valence-corrected chi connectivity index (χ0v) is 11.4. The number of oxazole rings is 1. The predicted octanol–water partition coefficient (Wildman–Crippen LogP) is 4.05. The van der Waals surface area contributed by atoms with E-state index in [4.69, 9.17) is 9.52 Å². The fourth-order valence-corrected chi connectivity index (χ4v) is 2.25. The summed E-state index contributed by atoms with van der Waals surface area (Å²) in [6, 6.07) is 10.0. The lowest BCUT2D eigenvalue weighted by molar-refractivity contribution is -0.137. The molecule has 0 aliphatic rings. The summed E-state index contributed by atoms with van der Waals surface area (Å²) in [5, 5.41) is 9.04. The van der Waals surface area contributed by atoms with E-state index in [-0.39, 0.29) is 12.5 Å². The maximum atomic E-state index is 12.6. The molecular weight excluding hydrogens is 295 g/mol. The van der Waals surface area contributed by atoms with Gasteiger partial charge in [-0.2, -0.15) is 13.2 Å². The first-order valence-corrected chi connectivity index (χ1v) is 6.66. The van der Waals surface area contributed by atoms with Crippen molar-refractivity contribution in [3.05, 3.63) is 53.6 Å². The largest absolute Gasteiger partial charge is 0.436 e. The van der Waals surface area contributed by atoms with Crippen molar-refractivity contribution in [1.29, 1.82) is 0 Å². The van der Waals surface area contributed by atoms with Crippen LogP contribution in [-0.4, -0.2) is 16.7 Å². The third kappa shape index (κ3) is 2.69. The molecule has 6 heteroatoms. The molecular formula is C16H12F3NO2. The maximum absolute atomic E-state index is 12.6. The van der Waals surface area contributed by atoms with E-state index in [0.29, 0.717) is 23.1 Å². The summed E-state index contributed by atoms with van der Waals surface area (Å²) >= 11 is 0. The average Bonchev–Trinajstić information content (AvgIpc) is 2.92. The van der Waals surface area contributed by atoms with Crippen molar-refractivity contribution in [2.24, 2.45) is 0 Å². The molecule has 1 aromatic heterocycles. The number of benzene rings is 2. The first-order valence-electron chi connectivity index (χ1n) is 6.66. The summed E-state index contributed by atoms with van der Waals surface area (Å²) in [5.74, 6) is 0.258. The zero-order valence-electron chi connectivity index (χ0n) is 11.4. The van der Waals surface area contributed by atoms with Gasteiger partial charge in [0.1, 0.15) is 5.52 Å². The minimum absolute atomic E-state index is 0.0184. The number of aliphatic hydroxyl groups excluding tert-OH is 1. The molecule has 3 nitrogen and oxygen atoms in total. The van der Waals surface area contributed by atoms with Crippen LogP contribution in [0.3, 0.4) is 0 Å². The Morgan fingerprint density at radius 3 is 2.41 bits per heavy atom. The molecule has 0 fully saturated rings. The van der Waals surface area contributed by atoms with Crippen LogP contribution in [0.1, 0.15) is 11.1 Å². The normalized spacial score (nSPS) is 12.0. The predicted molar refractivity (Wildman–Crippen MR) is 75.2 cm³/mol. The molecule has 0 spiro atoms. The Hall–Kier alpha value is -2.34. The number of aromatic nitrogens is 1. The van der Waals surface area contributed by atoms with E-state index in [1.807, 2.05) is 6.07 Å². The van der Waals surface area contributed by atoms with E-state index in [0.717, 1.165) is 17.7 Å². The highest BCUT2D eigenvalue weighted by Crippen LogP contribution is 2.32. The van der Waals surface area contributed by atoms with Crippen molar-refractivity contribution >= 4 is 11.1 Å². The number of alkyl halides is 3. The number of aliphatic hydroxyl groups is 1. The molecule has 22 heavy (non-hydrogen) atoms. The van der Waals surface area contributed by atoms with Crippen molar-refractivity contribution in [2.45, 2.75) is 12.6 Å². The van der Waals surface area contributed by atoms with E-state index < -0.39 is 11.7 Å². The van der Waals surface area contributed by atoms with Crippen LogP contribution in [0.5, 0.6) is 0 Å². The van der Waals surface area contributed by atoms with Gasteiger partial charge in [0, 0.05) is 12.2 Å². The van der Waals surface area contributed by atoms with Crippen molar-refractivity contribution < 1.29 is 22.7 Å². The molecule has 114 valence electrons. The molecule has 3 rings (SSSR count). The van der Waals surface area contributed by atoms with Gasteiger partial charge in [-0.25, -0.2) is 4.98 Å². The van der Waals surface area contributed by atoms with Crippen LogP contribution in [-0.2, 0) is 12.6 Å². The summed E-state index contributed by atoms with van der Waals surface area (Å²) in [6.07, 6.45) is -3.94. The Bertz CT molecular complexity index is 791. The number of nitrogens with zero attached hydrogens (tertiary/aromatic N) is 1. The van der Waals surface area contributed by atoms with Gasteiger partial charge >= 0.3 is 6.18 Å². The second-order valence-electron chi connectivity index (χ2n) is 4.83. The fraction of sp³-hybridized carbons (Fsp3) is 0.188. The number of fused-ring (bicyclic) bond motifs is 1. The van der Waals surface area contributed by atoms with Gasteiger partial charge in [-0.15, -0.1) is 0 Å². The average molecular weight is 307 g/mol. The molecule has 0 unspecified atom stereocenters. The van der Waals surface area contributed by atoms with Crippen LogP contribution in [0.4, 0.5) is 13.2 Å². The molecule has 0 amide bonds. The van der Waals surface area contributed by atoms with Gasteiger partial charge in [0.25, 0.3) is 0 Å². The van der Waals surface area contributed by atoms with E-state index in [1.165, 1.54) is 12.1 Å². The Morgan fingerprint density at radius 2 is 1.77 bits per heavy atom. The quantitative estimate of drug-likeness (QED) is 0.794. The van der Waals surface area contributed by atoms with Crippen LogP contribution >= 0.6 is 0 Å². The van der Waals surface area contributed by atoms with Crippen LogP contribution in [0, 0.1) is 0 Å². The fourth-order valence-electron chi connectivity index (χ4n) is 2.25. The summed E-state index contributed by atoms with van der Waals surface area (Å²) in [5.41, 5.74) is 1.73. The summed E-state index contributed by atoms with van der Waals surface area (Å²) in [6.45, 7) is -0.0184. The Labute approximate surface area is 124 Å². The van der Waals surface area contributed by atoms with Gasteiger partial charge in [-0.1, -0.05) is 12.1 Å². The molecule has 0 saturated carbocycles. The summed E-state index contributed by atoms with van der Waals surface area (Å²) in [4.78, 5) is 4.29. The smallest absolute Gasteiger partial charge is 0.416 e. The van der Waals surface area contributed by atoms with E-state index in [9.17, 15) is 13.2 Å². The second-order valence-corrected chi connectivity index (χ2v) is 4.83. The highest BCUT2D eigenvalue weighted by molar-refractivity contribution is 5.79. The highest BCUT2D eigenvalue weighted by atomic mass is 19.4. The van der Waals surface area contributed by atoms with E-state index in [2.05, 4.69) is 4.98 Å². The number of halogens is 3. The van der Waals surface area contributed by atoms with Crippen molar-refractivity contribution in [3.8, 4) is 11.5 Å². The Kier molecular flexibility index (Phi) is 3.62. The van der Waals surface area contributed by atoms with Gasteiger partial charge in [0.15, 0.2) is 5.58 Å². The first-order chi connectivity index (χ1) is 10.5. The molecule has 0 saturated heterocycles. The SMILES string of the molecule is OCCc1cccc2nc(-c3ccc(C(F)(F)F)cc3)oc12. The summed E-state index contributed by atoms with van der Waals surface area (Å²) in [7, 11) is 0. The molecule has 3 aromatic rings. The van der Waals surface area contributed by atoms with Crippen molar-refractivity contribution in [3.63, 3.8) is 0 Å². The number of hydrogen-bond donors (Lipinski definition) is 1. The van der Waals surface area contributed by atoms with Crippen LogP contribution < -0.4 is 0 Å². The van der Waals surface area contributed by atoms with Crippen LogP contribution in [0.2, 0.25) is 0 Å². The highest BCUT2D eigenvalue weighted by Gasteiger charge is 2.30. The minimum Gasteiger partial charge on any atom is -0.436 e. The molecule has 1 N–H and O–H groups in total. The second kappa shape index (κ2) is 5.46. The van der Waals surface area contributed by atoms with Gasteiger partial charge in [0.05, 0.1) is 5.56 Å². The summed E-state index contributed by atoms with van der Waals surface area (Å²) < 4.78 is 43.4. The lowest BCUT2D eigenvalue weighted by Gasteiger charge is -2.06. The van der Waals surface area contributed by atoms with Gasteiger partial charge < -0.3 is 9.52 Å². The van der Waals surface area contributed by atoms with Crippen molar-refractivity contribution in [1.82, 2.24) is 4.98 Å². The van der Waals surface area contributed by atoms with Gasteiger partial charge in [-0.05, 0) is 42.3 Å². The molecule has 0 aliphatic heterocycles. The third-order valence-electron chi connectivity index (χ3n) is 3.34. The van der Waals surface area contributed by atoms with E-state index in [1.54, 1.807) is 12.1 Å². The molecule has 0 bridgehead atoms. The number of para-hydroxylation sites is 1. The van der Waals surface area contributed by atoms with Crippen LogP contribution in [0.25, 0.3) is 22.6 Å². The molecule has 0 atom stereocenters. The zero-order chi connectivity index (χ0) is 15.7. The Balaban J connectivity index is 2.01. The third-order valence-corrected chi connectivity index (χ3v) is 3.34. The minimum atomic E-state index is -4.37. The number of rotatable bonds is 3. The number of hydrogen-bond acceptors (Lipinski definition) is 3. The topological polar surface area (TPSA) is 46.3 Å². The molecule has 0 radical (unpaired) electrons. The maximum Gasteiger partial charge on any atom is 0.416 e.